The van der Waals surface area contributed by atoms with E-state index in [0.29, 0.717) is 24.4 Å². The first-order valence-corrected chi connectivity index (χ1v) is 10.3. The first kappa shape index (κ1) is 18.2. The van der Waals surface area contributed by atoms with Crippen LogP contribution in [0.15, 0.2) is 41.7 Å². The summed E-state index contributed by atoms with van der Waals surface area (Å²) in [6.07, 6.45) is 13.4. The standard InChI is InChI=1S/C21H25N7O/c1-14(15-4-5-18-16(11-15)3-2-8-22-18)28-21-20(25-26-28)7-6-19(24-21)17-12-23-27(13-17)9-10-29/h2-3,6-8,12-16,18,29H,4-5,9-11H2,1H3/t14?,15?,16-,18?/m1/s1. The number of aliphatic hydroxyl groups is 1. The van der Waals surface area contributed by atoms with E-state index in [1.165, 1.54) is 0 Å². The highest BCUT2D eigenvalue weighted by molar-refractivity contribution is 5.74. The number of aromatic nitrogens is 6. The van der Waals surface area contributed by atoms with Crippen molar-refractivity contribution in [1.82, 2.24) is 29.8 Å². The summed E-state index contributed by atoms with van der Waals surface area (Å²) in [4.78, 5) is 9.50. The van der Waals surface area contributed by atoms with E-state index in [1.54, 1.807) is 10.9 Å². The molecular weight excluding hydrogens is 366 g/mol. The Hall–Kier alpha value is -2.87. The first-order valence-electron chi connectivity index (χ1n) is 10.3. The molecule has 0 bridgehead atoms. The fraction of sp³-hybridized carbons (Fsp3) is 0.476. The molecule has 29 heavy (non-hydrogen) atoms. The van der Waals surface area contributed by atoms with Crippen LogP contribution in [0.1, 0.15) is 32.2 Å². The molecule has 0 amide bonds. The number of allylic oxidation sites excluding steroid dienone is 1. The second kappa shape index (κ2) is 7.51. The highest BCUT2D eigenvalue weighted by atomic mass is 16.3. The molecule has 3 unspecified atom stereocenters. The van der Waals surface area contributed by atoms with Crippen LogP contribution in [-0.4, -0.2) is 53.7 Å². The number of aliphatic hydroxyl groups excluding tert-OH is 1. The average Bonchev–Trinajstić information content (AvgIpc) is 3.40. The molecule has 150 valence electrons. The molecule has 1 fully saturated rings. The van der Waals surface area contributed by atoms with E-state index in [0.717, 1.165) is 41.7 Å². The minimum absolute atomic E-state index is 0.0610. The Kier molecular flexibility index (Phi) is 4.71. The van der Waals surface area contributed by atoms with Gasteiger partial charge in [-0.2, -0.15) is 5.10 Å². The Morgan fingerprint density at radius 2 is 2.21 bits per heavy atom. The lowest BCUT2D eigenvalue weighted by Gasteiger charge is -2.36. The van der Waals surface area contributed by atoms with Gasteiger partial charge in [-0.15, -0.1) is 5.10 Å². The van der Waals surface area contributed by atoms with Crippen LogP contribution < -0.4 is 0 Å². The zero-order chi connectivity index (χ0) is 19.8. The highest BCUT2D eigenvalue weighted by Crippen LogP contribution is 2.39. The van der Waals surface area contributed by atoms with Gasteiger partial charge in [0.05, 0.1) is 37.1 Å². The Bertz CT molecular complexity index is 1070. The summed E-state index contributed by atoms with van der Waals surface area (Å²) >= 11 is 0. The quantitative estimate of drug-likeness (QED) is 0.722. The van der Waals surface area contributed by atoms with Crippen molar-refractivity contribution < 1.29 is 5.11 Å². The van der Waals surface area contributed by atoms with E-state index >= 15 is 0 Å². The van der Waals surface area contributed by atoms with Crippen LogP contribution in [0, 0.1) is 11.8 Å². The summed E-state index contributed by atoms with van der Waals surface area (Å²) in [5, 5.41) is 22.2. The van der Waals surface area contributed by atoms with Gasteiger partial charge in [0.1, 0.15) is 5.52 Å². The van der Waals surface area contributed by atoms with Crippen molar-refractivity contribution >= 4 is 17.4 Å². The summed E-state index contributed by atoms with van der Waals surface area (Å²) in [6, 6.07) is 4.58. The van der Waals surface area contributed by atoms with Crippen molar-refractivity contribution in [3.63, 3.8) is 0 Å². The van der Waals surface area contributed by atoms with Gasteiger partial charge in [0.2, 0.25) is 0 Å². The molecule has 8 nitrogen and oxygen atoms in total. The largest absolute Gasteiger partial charge is 0.394 e. The minimum atomic E-state index is 0.0610. The number of dihydropyridines is 1. The molecule has 3 aromatic rings. The second-order valence-electron chi connectivity index (χ2n) is 8.02. The number of hydrogen-bond acceptors (Lipinski definition) is 6. The third-order valence-electron chi connectivity index (χ3n) is 6.27. The van der Waals surface area contributed by atoms with Gasteiger partial charge in [-0.3, -0.25) is 9.67 Å². The maximum Gasteiger partial charge on any atom is 0.179 e. The zero-order valence-corrected chi connectivity index (χ0v) is 16.5. The maximum absolute atomic E-state index is 9.10. The Labute approximate surface area is 169 Å². The molecule has 0 radical (unpaired) electrons. The highest BCUT2D eigenvalue weighted by Gasteiger charge is 2.33. The molecular formula is C21H25N7O. The van der Waals surface area contributed by atoms with Gasteiger partial charge in [-0.1, -0.05) is 11.3 Å². The molecule has 8 heteroatoms. The van der Waals surface area contributed by atoms with E-state index in [4.69, 9.17) is 10.1 Å². The van der Waals surface area contributed by atoms with Crippen LogP contribution in [0.2, 0.25) is 0 Å². The van der Waals surface area contributed by atoms with Crippen LogP contribution in [-0.2, 0) is 6.54 Å². The maximum atomic E-state index is 9.10. The normalized spacial score (nSPS) is 24.7. The number of pyridine rings is 1. The van der Waals surface area contributed by atoms with Gasteiger partial charge in [0.15, 0.2) is 5.65 Å². The summed E-state index contributed by atoms with van der Waals surface area (Å²) in [7, 11) is 0. The SMILES string of the molecule is CC(C1CCC2N=CC=C[C@@H]2C1)n1nnc2ccc(-c3cnn(CCO)c3)nc21. The Balaban J connectivity index is 1.42. The predicted octanol–water partition coefficient (Wildman–Crippen LogP) is 2.67. The molecule has 1 saturated carbocycles. The van der Waals surface area contributed by atoms with Gasteiger partial charge in [-0.05, 0) is 56.2 Å². The smallest absolute Gasteiger partial charge is 0.179 e. The van der Waals surface area contributed by atoms with Crippen molar-refractivity contribution in [3.8, 4) is 11.3 Å². The lowest BCUT2D eigenvalue weighted by Crippen LogP contribution is -2.32. The molecule has 1 N–H and O–H groups in total. The van der Waals surface area contributed by atoms with Crippen LogP contribution >= 0.6 is 0 Å². The molecule has 1 aliphatic heterocycles. The number of nitrogens with zero attached hydrogens (tertiary/aromatic N) is 7. The molecule has 5 rings (SSSR count). The molecule has 1 aliphatic carbocycles. The number of rotatable bonds is 5. The van der Waals surface area contributed by atoms with Crippen molar-refractivity contribution in [2.75, 3.05) is 6.61 Å². The van der Waals surface area contributed by atoms with E-state index in [9.17, 15) is 0 Å². The van der Waals surface area contributed by atoms with Gasteiger partial charge < -0.3 is 5.11 Å². The number of fused-ring (bicyclic) bond motifs is 2. The van der Waals surface area contributed by atoms with Crippen molar-refractivity contribution in [2.24, 2.45) is 16.8 Å². The molecule has 4 atom stereocenters. The van der Waals surface area contributed by atoms with E-state index in [2.05, 4.69) is 39.5 Å². The third kappa shape index (κ3) is 3.37. The lowest BCUT2D eigenvalue weighted by atomic mass is 9.75. The van der Waals surface area contributed by atoms with E-state index in [1.807, 2.05) is 29.2 Å². The fourth-order valence-electron chi connectivity index (χ4n) is 4.59. The van der Waals surface area contributed by atoms with Gasteiger partial charge >= 0.3 is 0 Å². The van der Waals surface area contributed by atoms with Gasteiger partial charge in [-0.25, -0.2) is 9.67 Å². The Morgan fingerprint density at radius 3 is 3.10 bits per heavy atom. The summed E-state index contributed by atoms with van der Waals surface area (Å²) in [5.74, 6) is 1.05. The molecule has 0 spiro atoms. The van der Waals surface area contributed by atoms with Crippen molar-refractivity contribution in [2.45, 2.75) is 44.8 Å². The molecule has 2 aliphatic rings. The van der Waals surface area contributed by atoms with Crippen LogP contribution in [0.5, 0.6) is 0 Å². The zero-order valence-electron chi connectivity index (χ0n) is 16.5. The molecule has 0 aromatic carbocycles. The number of hydrogen-bond donors (Lipinski definition) is 1. The third-order valence-corrected chi connectivity index (χ3v) is 6.27. The fourth-order valence-corrected chi connectivity index (χ4v) is 4.59. The van der Waals surface area contributed by atoms with Crippen LogP contribution in [0.3, 0.4) is 0 Å². The minimum Gasteiger partial charge on any atom is -0.394 e. The van der Waals surface area contributed by atoms with Crippen LogP contribution in [0.25, 0.3) is 22.4 Å². The van der Waals surface area contributed by atoms with Gasteiger partial charge in [0.25, 0.3) is 0 Å². The average molecular weight is 391 g/mol. The summed E-state index contributed by atoms with van der Waals surface area (Å²) in [6.45, 7) is 2.76. The second-order valence-corrected chi connectivity index (χ2v) is 8.02. The van der Waals surface area contributed by atoms with Crippen molar-refractivity contribution in [1.29, 1.82) is 0 Å². The number of aliphatic imine (C=N–C) groups is 1. The molecule has 4 heterocycles. The van der Waals surface area contributed by atoms with Gasteiger partial charge in [0, 0.05) is 18.0 Å². The van der Waals surface area contributed by atoms with E-state index in [-0.39, 0.29) is 12.6 Å². The lowest BCUT2D eigenvalue weighted by molar-refractivity contribution is 0.202. The summed E-state index contributed by atoms with van der Waals surface area (Å²) < 4.78 is 3.70. The Morgan fingerprint density at radius 1 is 1.28 bits per heavy atom. The van der Waals surface area contributed by atoms with Crippen molar-refractivity contribution in [3.05, 3.63) is 36.7 Å². The topological polar surface area (TPSA) is 94.0 Å². The first-order chi connectivity index (χ1) is 14.2. The summed E-state index contributed by atoms with van der Waals surface area (Å²) in [5.41, 5.74) is 3.38. The molecule has 0 saturated heterocycles. The van der Waals surface area contributed by atoms with Crippen LogP contribution in [0.4, 0.5) is 0 Å². The van der Waals surface area contributed by atoms with E-state index < -0.39 is 0 Å². The molecule has 3 aromatic heterocycles. The monoisotopic (exact) mass is 391 g/mol. The predicted molar refractivity (Wildman–Crippen MR) is 111 cm³/mol.